The van der Waals surface area contributed by atoms with Gasteiger partial charge in [-0.1, -0.05) is 47.4 Å². The molecular formula is C30H40BFN4O5S. The Labute approximate surface area is 249 Å². The number of carbonyl (C=O) groups excluding carboxylic acids is 2. The number of nitrogens with one attached hydrogen (secondary N) is 3. The van der Waals surface area contributed by atoms with Gasteiger partial charge >= 0.3 is 0 Å². The van der Waals surface area contributed by atoms with E-state index in [4.69, 9.17) is 12.6 Å². The minimum atomic E-state index is -3.70. The van der Waals surface area contributed by atoms with Crippen molar-refractivity contribution in [2.75, 3.05) is 25.9 Å². The summed E-state index contributed by atoms with van der Waals surface area (Å²) >= 11 is 0. The average Bonchev–Trinajstić information content (AvgIpc) is 3.37. The minimum Gasteiger partial charge on any atom is -0.371 e. The number of benzene rings is 2. The van der Waals surface area contributed by atoms with Crippen molar-refractivity contribution in [3.63, 3.8) is 0 Å². The number of amides is 2. The molecule has 2 amide bonds. The van der Waals surface area contributed by atoms with E-state index in [0.29, 0.717) is 29.8 Å². The number of ether oxygens (including phenoxy) is 1. The molecule has 2 heterocycles. The number of piperidine rings is 1. The zero-order chi connectivity index (χ0) is 30.3. The Kier molecular flexibility index (Phi) is 11.2. The predicted octanol–water partition coefficient (Wildman–Crippen LogP) is 1.43. The Morgan fingerprint density at radius 3 is 2.64 bits per heavy atom. The van der Waals surface area contributed by atoms with Crippen LogP contribution < -0.4 is 20.8 Å². The fourth-order valence-electron chi connectivity index (χ4n) is 5.69. The molecule has 9 nitrogen and oxygen atoms in total. The summed E-state index contributed by atoms with van der Waals surface area (Å²) in [6.45, 7) is 4.05. The van der Waals surface area contributed by atoms with E-state index >= 15 is 0 Å². The van der Waals surface area contributed by atoms with Gasteiger partial charge in [0.05, 0.1) is 19.0 Å². The highest BCUT2D eigenvalue weighted by Crippen LogP contribution is 2.26. The number of hydrogen-bond donors (Lipinski definition) is 3. The lowest BCUT2D eigenvalue weighted by atomic mass is 9.91. The monoisotopic (exact) mass is 598 g/mol. The van der Waals surface area contributed by atoms with Gasteiger partial charge in [-0.3, -0.25) is 9.59 Å². The molecule has 3 atom stereocenters. The zero-order valence-electron chi connectivity index (χ0n) is 24.3. The molecule has 2 aliphatic rings. The first kappa shape index (κ1) is 32.1. The second kappa shape index (κ2) is 14.6. The topological polar surface area (TPSA) is 117 Å². The molecule has 4 rings (SSSR count). The summed E-state index contributed by atoms with van der Waals surface area (Å²) < 4.78 is 47.4. The van der Waals surface area contributed by atoms with Crippen LogP contribution in [0.15, 0.2) is 42.5 Å². The number of sulfonamides is 1. The fourth-order valence-corrected chi connectivity index (χ4v) is 6.43. The molecule has 42 heavy (non-hydrogen) atoms. The summed E-state index contributed by atoms with van der Waals surface area (Å²) in [5.41, 5.74) is 2.59. The normalized spacial score (nSPS) is 20.4. The standard InChI is InChI=1S/C30H40BFN4O5S/c1-20-4-3-5-22(14-20)17-34-29(37)28-16-25(41-19-23-7-8-24(31)15-26(23)32)18-36(28)30(38)27(35-42(2,39)40)9-6-21-10-12-33-13-11-21/h3-5,7-8,14-15,21,25,27-28,33,35H,6,9-13,16-19H2,1-2H3,(H,34,37)/t25-,27-,28+/m1/s1. The van der Waals surface area contributed by atoms with Gasteiger partial charge in [-0.2, -0.15) is 0 Å². The molecule has 2 radical (unpaired) electrons. The molecule has 2 aliphatic heterocycles. The van der Waals surface area contributed by atoms with Crippen LogP contribution in [-0.4, -0.2) is 77.1 Å². The van der Waals surface area contributed by atoms with E-state index in [1.54, 1.807) is 12.1 Å². The molecule has 0 unspecified atom stereocenters. The van der Waals surface area contributed by atoms with Crippen molar-refractivity contribution < 1.29 is 27.1 Å². The van der Waals surface area contributed by atoms with E-state index in [1.807, 2.05) is 31.2 Å². The molecule has 226 valence electrons. The van der Waals surface area contributed by atoms with E-state index < -0.39 is 39.9 Å². The van der Waals surface area contributed by atoms with E-state index in [1.165, 1.54) is 11.0 Å². The van der Waals surface area contributed by atoms with Gasteiger partial charge in [0.15, 0.2) is 0 Å². The minimum absolute atomic E-state index is 0.0584. The summed E-state index contributed by atoms with van der Waals surface area (Å²) in [5.74, 6) is -0.926. The lowest BCUT2D eigenvalue weighted by Crippen LogP contribution is -2.53. The highest BCUT2D eigenvalue weighted by Gasteiger charge is 2.42. The number of likely N-dealkylation sites (tertiary alicyclic amines) is 1. The lowest BCUT2D eigenvalue weighted by Gasteiger charge is -2.30. The highest BCUT2D eigenvalue weighted by molar-refractivity contribution is 7.88. The Bertz CT molecular complexity index is 1350. The first-order chi connectivity index (χ1) is 20.0. The number of hydrogen-bond acceptors (Lipinski definition) is 6. The Hall–Kier alpha value is -2.80. The van der Waals surface area contributed by atoms with Crippen molar-refractivity contribution in [3.05, 3.63) is 65.0 Å². The van der Waals surface area contributed by atoms with Crippen molar-refractivity contribution in [1.29, 1.82) is 0 Å². The average molecular weight is 599 g/mol. The maximum Gasteiger partial charge on any atom is 0.243 e. The van der Waals surface area contributed by atoms with Crippen LogP contribution in [0, 0.1) is 18.7 Å². The Morgan fingerprint density at radius 2 is 1.95 bits per heavy atom. The Balaban J connectivity index is 1.50. The maximum atomic E-state index is 14.4. The summed E-state index contributed by atoms with van der Waals surface area (Å²) in [4.78, 5) is 28.8. The third kappa shape index (κ3) is 9.35. The van der Waals surface area contributed by atoms with Gasteiger partial charge in [0.25, 0.3) is 0 Å². The van der Waals surface area contributed by atoms with Crippen LogP contribution in [0.5, 0.6) is 0 Å². The molecule has 0 spiro atoms. The molecule has 12 heteroatoms. The molecule has 2 aromatic rings. The SMILES string of the molecule is [B]c1ccc(CO[C@@H]2C[C@@H](C(=O)NCc3cccc(C)c3)N(C(=O)[C@@H](CCC3CCNCC3)NS(C)(=O)=O)C2)c(F)c1. The number of halogens is 1. The third-order valence-electron chi connectivity index (χ3n) is 7.93. The van der Waals surface area contributed by atoms with Crippen molar-refractivity contribution in [2.24, 2.45) is 5.92 Å². The molecule has 2 aromatic carbocycles. The summed E-state index contributed by atoms with van der Waals surface area (Å²) in [5, 5.41) is 6.24. The first-order valence-corrected chi connectivity index (χ1v) is 16.3. The molecular weight excluding hydrogens is 558 g/mol. The van der Waals surface area contributed by atoms with Crippen molar-refractivity contribution >= 4 is 35.1 Å². The number of nitrogens with zero attached hydrogens (tertiary/aromatic N) is 1. The third-order valence-corrected chi connectivity index (χ3v) is 8.64. The van der Waals surface area contributed by atoms with E-state index in [9.17, 15) is 22.4 Å². The van der Waals surface area contributed by atoms with Crippen LogP contribution in [-0.2, 0) is 37.5 Å². The predicted molar refractivity (Wildman–Crippen MR) is 160 cm³/mol. The van der Waals surface area contributed by atoms with Crippen molar-refractivity contribution in [3.8, 4) is 0 Å². The van der Waals surface area contributed by atoms with Crippen LogP contribution >= 0.6 is 0 Å². The molecule has 3 N–H and O–H groups in total. The molecule has 0 bridgehead atoms. The second-order valence-corrected chi connectivity index (χ2v) is 13.2. The smallest absolute Gasteiger partial charge is 0.243 e. The molecule has 2 fully saturated rings. The lowest BCUT2D eigenvalue weighted by molar-refractivity contribution is -0.140. The van der Waals surface area contributed by atoms with Gasteiger partial charge < -0.3 is 20.3 Å². The second-order valence-electron chi connectivity index (χ2n) is 11.4. The molecule has 0 saturated carbocycles. The quantitative estimate of drug-likeness (QED) is 0.319. The summed E-state index contributed by atoms with van der Waals surface area (Å²) in [6, 6.07) is 10.2. The van der Waals surface area contributed by atoms with E-state index in [-0.39, 0.29) is 32.0 Å². The number of aryl methyl sites for hydroxylation is 1. The Morgan fingerprint density at radius 1 is 1.19 bits per heavy atom. The summed E-state index contributed by atoms with van der Waals surface area (Å²) in [7, 11) is 1.95. The van der Waals surface area contributed by atoms with Gasteiger partial charge in [-0.05, 0) is 63.2 Å². The molecule has 0 aliphatic carbocycles. The van der Waals surface area contributed by atoms with E-state index in [2.05, 4.69) is 15.4 Å². The largest absolute Gasteiger partial charge is 0.371 e. The number of carbonyl (C=O) groups is 2. The van der Waals surface area contributed by atoms with Crippen LogP contribution in [0.4, 0.5) is 4.39 Å². The van der Waals surface area contributed by atoms with E-state index in [0.717, 1.165) is 43.3 Å². The highest BCUT2D eigenvalue weighted by atomic mass is 32.2. The van der Waals surface area contributed by atoms with Gasteiger partial charge in [-0.15, -0.1) is 0 Å². The summed E-state index contributed by atoms with van der Waals surface area (Å²) in [6.07, 6.45) is 3.62. The van der Waals surface area contributed by atoms with Gasteiger partial charge in [0.1, 0.15) is 25.7 Å². The number of rotatable bonds is 12. The van der Waals surface area contributed by atoms with Crippen LogP contribution in [0.3, 0.4) is 0 Å². The molecule has 0 aromatic heterocycles. The van der Waals surface area contributed by atoms with Crippen molar-refractivity contribution in [2.45, 2.75) is 70.4 Å². The van der Waals surface area contributed by atoms with Crippen LogP contribution in [0.2, 0.25) is 0 Å². The van der Waals surface area contributed by atoms with Gasteiger partial charge in [0, 0.05) is 25.1 Å². The zero-order valence-corrected chi connectivity index (χ0v) is 25.1. The van der Waals surface area contributed by atoms with Crippen LogP contribution in [0.25, 0.3) is 0 Å². The fraction of sp³-hybridized carbons (Fsp3) is 0.533. The van der Waals surface area contributed by atoms with Crippen LogP contribution in [0.1, 0.15) is 48.8 Å². The van der Waals surface area contributed by atoms with Gasteiger partial charge in [-0.25, -0.2) is 17.5 Å². The maximum absolute atomic E-state index is 14.4. The van der Waals surface area contributed by atoms with Crippen molar-refractivity contribution in [1.82, 2.24) is 20.3 Å². The molecule has 2 saturated heterocycles. The first-order valence-electron chi connectivity index (χ1n) is 14.5. The van der Waals surface area contributed by atoms with Gasteiger partial charge in [0.2, 0.25) is 21.8 Å².